The number of rotatable bonds is 7. The highest BCUT2D eigenvalue weighted by molar-refractivity contribution is 6.17. The van der Waals surface area contributed by atoms with Crippen LogP contribution in [0.2, 0.25) is 0 Å². The van der Waals surface area contributed by atoms with Crippen molar-refractivity contribution in [3.8, 4) is 6.07 Å². The summed E-state index contributed by atoms with van der Waals surface area (Å²) in [6.45, 7) is 7.89. The third-order valence-electron chi connectivity index (χ3n) is 3.03. The van der Waals surface area contributed by atoms with Crippen molar-refractivity contribution in [1.29, 1.82) is 5.26 Å². The van der Waals surface area contributed by atoms with E-state index in [9.17, 15) is 4.79 Å². The lowest BCUT2D eigenvalue weighted by atomic mass is 9.84. The fourth-order valence-corrected chi connectivity index (χ4v) is 1.79. The molecular formula is C13H24ClN3O2. The van der Waals surface area contributed by atoms with Crippen LogP contribution in [0.5, 0.6) is 0 Å². The SMILES string of the molecule is COC(=O)CC(N[C@H](NCCl)C(C)C#N)C(C)(C)C. The number of hydrogen-bond acceptors (Lipinski definition) is 5. The first kappa shape index (κ1) is 18.2. The summed E-state index contributed by atoms with van der Waals surface area (Å²) >= 11 is 5.68. The first-order valence-electron chi connectivity index (χ1n) is 6.28. The lowest BCUT2D eigenvalue weighted by Gasteiger charge is -2.35. The number of alkyl halides is 1. The number of nitrogens with one attached hydrogen (secondary N) is 2. The summed E-state index contributed by atoms with van der Waals surface area (Å²) in [5.74, 6) is -0.539. The summed E-state index contributed by atoms with van der Waals surface area (Å²) in [6.07, 6.45) is -0.0186. The molecule has 0 bridgehead atoms. The van der Waals surface area contributed by atoms with Crippen molar-refractivity contribution >= 4 is 17.6 Å². The number of carbonyl (C=O) groups excluding carboxylic acids is 1. The number of esters is 1. The molecule has 3 atom stereocenters. The van der Waals surface area contributed by atoms with Gasteiger partial charge < -0.3 is 4.74 Å². The Labute approximate surface area is 120 Å². The average molecular weight is 290 g/mol. The van der Waals surface area contributed by atoms with E-state index < -0.39 is 0 Å². The second-order valence-electron chi connectivity index (χ2n) is 5.60. The summed E-state index contributed by atoms with van der Waals surface area (Å²) in [7, 11) is 1.37. The zero-order valence-electron chi connectivity index (χ0n) is 12.3. The second kappa shape index (κ2) is 8.36. The van der Waals surface area contributed by atoms with Gasteiger partial charge >= 0.3 is 5.97 Å². The molecule has 5 nitrogen and oxygen atoms in total. The van der Waals surface area contributed by atoms with E-state index in [1.165, 1.54) is 7.11 Å². The molecule has 19 heavy (non-hydrogen) atoms. The maximum absolute atomic E-state index is 11.5. The van der Waals surface area contributed by atoms with E-state index in [0.717, 1.165) is 0 Å². The maximum atomic E-state index is 11.5. The molecule has 2 N–H and O–H groups in total. The van der Waals surface area contributed by atoms with Gasteiger partial charge in [-0.05, 0) is 12.3 Å². The van der Waals surface area contributed by atoms with Gasteiger partial charge in [-0.25, -0.2) is 0 Å². The number of halogens is 1. The number of ether oxygens (including phenoxy) is 1. The largest absolute Gasteiger partial charge is 0.469 e. The molecule has 0 aromatic carbocycles. The fraction of sp³-hybridized carbons (Fsp3) is 0.846. The molecule has 0 aliphatic heterocycles. The van der Waals surface area contributed by atoms with Crippen molar-refractivity contribution in [2.24, 2.45) is 11.3 Å². The summed E-state index contributed by atoms with van der Waals surface area (Å²) in [4.78, 5) is 11.5. The van der Waals surface area contributed by atoms with Crippen LogP contribution in [-0.2, 0) is 9.53 Å². The molecule has 0 fully saturated rings. The van der Waals surface area contributed by atoms with Crippen LogP contribution in [0, 0.1) is 22.7 Å². The topological polar surface area (TPSA) is 74.2 Å². The molecule has 0 heterocycles. The minimum atomic E-state index is -0.276. The van der Waals surface area contributed by atoms with Crippen LogP contribution < -0.4 is 10.6 Å². The minimum Gasteiger partial charge on any atom is -0.469 e. The van der Waals surface area contributed by atoms with Crippen LogP contribution >= 0.6 is 11.6 Å². The smallest absolute Gasteiger partial charge is 0.307 e. The van der Waals surface area contributed by atoms with Crippen molar-refractivity contribution in [1.82, 2.24) is 10.6 Å². The van der Waals surface area contributed by atoms with Gasteiger partial charge in [0.2, 0.25) is 0 Å². The maximum Gasteiger partial charge on any atom is 0.307 e. The lowest BCUT2D eigenvalue weighted by Crippen LogP contribution is -2.54. The van der Waals surface area contributed by atoms with E-state index in [-0.39, 0.29) is 41.9 Å². The highest BCUT2D eigenvalue weighted by atomic mass is 35.5. The Balaban J connectivity index is 4.86. The second-order valence-corrected chi connectivity index (χ2v) is 5.87. The predicted molar refractivity (Wildman–Crippen MR) is 75.4 cm³/mol. The van der Waals surface area contributed by atoms with Gasteiger partial charge in [-0.2, -0.15) is 5.26 Å². The molecule has 0 saturated heterocycles. The average Bonchev–Trinajstić information content (AvgIpc) is 2.34. The normalized spacial score (nSPS) is 16.3. The zero-order valence-corrected chi connectivity index (χ0v) is 13.0. The molecule has 0 aromatic rings. The third kappa shape index (κ3) is 6.76. The molecular weight excluding hydrogens is 266 g/mol. The summed E-state index contributed by atoms with van der Waals surface area (Å²) < 4.78 is 4.71. The van der Waals surface area contributed by atoms with Crippen LogP contribution in [0.1, 0.15) is 34.1 Å². The highest BCUT2D eigenvalue weighted by Crippen LogP contribution is 2.23. The van der Waals surface area contributed by atoms with E-state index in [4.69, 9.17) is 21.6 Å². The van der Waals surface area contributed by atoms with Crippen LogP contribution in [-0.4, -0.2) is 31.3 Å². The van der Waals surface area contributed by atoms with E-state index in [0.29, 0.717) is 0 Å². The van der Waals surface area contributed by atoms with E-state index in [1.54, 1.807) is 6.92 Å². The molecule has 0 saturated carbocycles. The van der Waals surface area contributed by atoms with Gasteiger partial charge in [0.25, 0.3) is 0 Å². The zero-order chi connectivity index (χ0) is 15.1. The Morgan fingerprint density at radius 2 is 2.05 bits per heavy atom. The summed E-state index contributed by atoms with van der Waals surface area (Å²) in [5, 5.41) is 15.3. The van der Waals surface area contributed by atoms with Crippen molar-refractivity contribution in [3.05, 3.63) is 0 Å². The Morgan fingerprint density at radius 1 is 1.47 bits per heavy atom. The molecule has 0 amide bonds. The van der Waals surface area contributed by atoms with Gasteiger partial charge in [0.1, 0.15) is 0 Å². The third-order valence-corrected chi connectivity index (χ3v) is 3.18. The van der Waals surface area contributed by atoms with Crippen LogP contribution in [0.4, 0.5) is 0 Å². The minimum absolute atomic E-state index is 0.114. The molecule has 0 spiro atoms. The molecule has 2 unspecified atom stereocenters. The number of carbonyl (C=O) groups is 1. The number of nitriles is 1. The number of nitrogens with zero attached hydrogens (tertiary/aromatic N) is 1. The molecule has 0 aliphatic rings. The van der Waals surface area contributed by atoms with Gasteiger partial charge in [0.15, 0.2) is 0 Å². The van der Waals surface area contributed by atoms with Gasteiger partial charge in [-0.1, -0.05) is 20.8 Å². The van der Waals surface area contributed by atoms with Crippen LogP contribution in [0.15, 0.2) is 0 Å². The van der Waals surface area contributed by atoms with Crippen LogP contribution in [0.3, 0.4) is 0 Å². The Bertz CT molecular complexity index is 323. The fourth-order valence-electron chi connectivity index (χ4n) is 1.62. The van der Waals surface area contributed by atoms with E-state index >= 15 is 0 Å². The van der Waals surface area contributed by atoms with Crippen molar-refractivity contribution < 1.29 is 9.53 Å². The van der Waals surface area contributed by atoms with Gasteiger partial charge in [0.05, 0.1) is 37.7 Å². The van der Waals surface area contributed by atoms with Gasteiger partial charge in [-0.15, -0.1) is 11.6 Å². The first-order chi connectivity index (χ1) is 8.76. The summed E-state index contributed by atoms with van der Waals surface area (Å²) in [5.41, 5.74) is -0.143. The molecule has 110 valence electrons. The van der Waals surface area contributed by atoms with Crippen LogP contribution in [0.25, 0.3) is 0 Å². The first-order valence-corrected chi connectivity index (χ1v) is 6.81. The van der Waals surface area contributed by atoms with Crippen molar-refractivity contribution in [3.63, 3.8) is 0 Å². The molecule has 6 heteroatoms. The highest BCUT2D eigenvalue weighted by Gasteiger charge is 2.30. The van der Waals surface area contributed by atoms with Gasteiger partial charge in [0, 0.05) is 6.04 Å². The molecule has 0 aliphatic carbocycles. The number of hydrogen-bond donors (Lipinski definition) is 2. The van der Waals surface area contributed by atoms with E-state index in [1.807, 2.05) is 20.8 Å². The summed E-state index contributed by atoms with van der Waals surface area (Å²) in [6, 6.07) is 2.29. The molecule has 0 aromatic heterocycles. The lowest BCUT2D eigenvalue weighted by molar-refractivity contribution is -0.142. The Kier molecular flexibility index (Phi) is 8.00. The van der Waals surface area contributed by atoms with Crippen molar-refractivity contribution in [2.75, 3.05) is 13.1 Å². The van der Waals surface area contributed by atoms with Gasteiger partial charge in [-0.3, -0.25) is 15.4 Å². The Morgan fingerprint density at radius 3 is 2.42 bits per heavy atom. The van der Waals surface area contributed by atoms with Crippen molar-refractivity contribution in [2.45, 2.75) is 46.3 Å². The molecule has 0 radical (unpaired) electrons. The Hall–Kier alpha value is -0.830. The van der Waals surface area contributed by atoms with E-state index in [2.05, 4.69) is 16.7 Å². The quantitative estimate of drug-likeness (QED) is 0.324. The number of methoxy groups -OCH3 is 1. The monoisotopic (exact) mass is 289 g/mol. The predicted octanol–water partition coefficient (Wildman–Crippen LogP) is 1.83. The standard InChI is InChI=1S/C13H24ClN3O2/c1-9(7-15)12(16-8-14)17-10(13(2,3)4)6-11(18)19-5/h9-10,12,16-17H,6,8H2,1-5H3/t9?,10?,12-/m0/s1. The molecule has 0 rings (SSSR count).